The second kappa shape index (κ2) is 7.70. The average molecular weight is 433 g/mol. The van der Waals surface area contributed by atoms with Gasteiger partial charge in [0.15, 0.2) is 0 Å². The van der Waals surface area contributed by atoms with E-state index in [2.05, 4.69) is 5.32 Å². The van der Waals surface area contributed by atoms with Gasteiger partial charge in [-0.05, 0) is 43.3 Å². The fourth-order valence-corrected chi connectivity index (χ4v) is 4.86. The van der Waals surface area contributed by atoms with Gasteiger partial charge in [0.25, 0.3) is 5.91 Å². The third-order valence-corrected chi connectivity index (χ3v) is 6.47. The number of amides is 3. The van der Waals surface area contributed by atoms with Crippen LogP contribution < -0.4 is 10.2 Å². The molecule has 0 atom stereocenters. The normalized spacial score (nSPS) is 15.5. The Bertz CT molecular complexity index is 1180. The Labute approximate surface area is 183 Å². The molecule has 0 unspecified atom stereocenters. The van der Waals surface area contributed by atoms with Gasteiger partial charge in [0.1, 0.15) is 5.82 Å². The highest BCUT2D eigenvalue weighted by molar-refractivity contribution is 7.98. The lowest BCUT2D eigenvalue weighted by molar-refractivity contribution is -0.121. The first-order valence-electron chi connectivity index (χ1n) is 10.0. The highest BCUT2D eigenvalue weighted by Crippen LogP contribution is 2.36. The van der Waals surface area contributed by atoms with E-state index in [1.54, 1.807) is 40.7 Å². The molecule has 8 heteroatoms. The molecule has 1 fully saturated rings. The smallest absolute Gasteiger partial charge is 0.256 e. The van der Waals surface area contributed by atoms with Gasteiger partial charge in [0, 0.05) is 35.5 Å². The molecule has 1 N–H and O–H groups in total. The van der Waals surface area contributed by atoms with Crippen molar-refractivity contribution in [3.63, 3.8) is 0 Å². The van der Waals surface area contributed by atoms with Crippen molar-refractivity contribution in [2.45, 2.75) is 31.3 Å². The average Bonchev–Trinajstić information content (AvgIpc) is 3.45. The van der Waals surface area contributed by atoms with Crippen LogP contribution in [0.25, 0.3) is 5.69 Å². The number of hydrogen-bond acceptors (Lipinski definition) is 5. The molecular weight excluding hydrogens is 412 g/mol. The molecule has 0 bridgehead atoms. The number of nitrogens with one attached hydrogen (secondary N) is 1. The van der Waals surface area contributed by atoms with Crippen molar-refractivity contribution in [1.82, 2.24) is 9.78 Å². The summed E-state index contributed by atoms with van der Waals surface area (Å²) in [5.41, 5.74) is 5.01. The predicted octanol–water partition coefficient (Wildman–Crippen LogP) is 3.83. The van der Waals surface area contributed by atoms with Crippen molar-refractivity contribution in [1.29, 1.82) is 0 Å². The van der Waals surface area contributed by atoms with Crippen LogP contribution in [-0.4, -0.2) is 27.5 Å². The Balaban J connectivity index is 1.42. The fraction of sp³-hybridized carbons (Fsp3) is 0.217. The standard InChI is InChI=1S/C23H20N4O3S/c1-14-2-6-17(7-3-14)27-22(18-12-31-13-19(18)25-27)24-23(30)15-4-8-16(9-5-15)26-20(28)10-11-21(26)29/h2-9H,10-13H2,1H3,(H,24,30). The molecule has 2 aliphatic heterocycles. The van der Waals surface area contributed by atoms with E-state index in [9.17, 15) is 14.4 Å². The minimum atomic E-state index is -0.265. The summed E-state index contributed by atoms with van der Waals surface area (Å²) in [7, 11) is 0. The molecule has 31 heavy (non-hydrogen) atoms. The molecule has 7 nitrogen and oxygen atoms in total. The van der Waals surface area contributed by atoms with Crippen LogP contribution in [0.2, 0.25) is 0 Å². The zero-order valence-corrected chi connectivity index (χ0v) is 17.7. The predicted molar refractivity (Wildman–Crippen MR) is 119 cm³/mol. The van der Waals surface area contributed by atoms with Crippen LogP contribution >= 0.6 is 11.8 Å². The Morgan fingerprint density at radius 2 is 1.58 bits per heavy atom. The summed E-state index contributed by atoms with van der Waals surface area (Å²) in [6, 6.07) is 14.5. The number of hydrogen-bond donors (Lipinski definition) is 1. The van der Waals surface area contributed by atoms with Gasteiger partial charge < -0.3 is 5.32 Å². The van der Waals surface area contributed by atoms with Crippen molar-refractivity contribution in [3.8, 4) is 5.69 Å². The Hall–Kier alpha value is -3.39. The lowest BCUT2D eigenvalue weighted by Crippen LogP contribution is -2.28. The van der Waals surface area contributed by atoms with Crippen molar-refractivity contribution < 1.29 is 14.4 Å². The Kier molecular flexibility index (Phi) is 4.86. The summed E-state index contributed by atoms with van der Waals surface area (Å²) >= 11 is 1.77. The molecule has 5 rings (SSSR count). The monoisotopic (exact) mass is 432 g/mol. The molecule has 156 valence electrons. The molecule has 3 aromatic rings. The van der Waals surface area contributed by atoms with Gasteiger partial charge >= 0.3 is 0 Å². The summed E-state index contributed by atoms with van der Waals surface area (Å²) in [5, 5.41) is 7.75. The van der Waals surface area contributed by atoms with Gasteiger partial charge in [-0.1, -0.05) is 17.7 Å². The summed E-state index contributed by atoms with van der Waals surface area (Å²) in [5.74, 6) is 1.62. The Morgan fingerprint density at radius 3 is 2.26 bits per heavy atom. The number of carbonyl (C=O) groups is 3. The van der Waals surface area contributed by atoms with Crippen LogP contribution in [0.3, 0.4) is 0 Å². The second-order valence-corrected chi connectivity index (χ2v) is 8.62. The molecule has 0 spiro atoms. The number of imide groups is 1. The first kappa shape index (κ1) is 19.6. The van der Waals surface area contributed by atoms with Gasteiger partial charge in [-0.2, -0.15) is 16.9 Å². The third-order valence-electron chi connectivity index (χ3n) is 5.50. The van der Waals surface area contributed by atoms with E-state index in [4.69, 9.17) is 5.10 Å². The lowest BCUT2D eigenvalue weighted by atomic mass is 10.1. The van der Waals surface area contributed by atoms with Crippen molar-refractivity contribution in [3.05, 3.63) is 70.9 Å². The summed E-state index contributed by atoms with van der Waals surface area (Å²) in [4.78, 5) is 38.0. The maximum atomic E-state index is 13.0. The van der Waals surface area contributed by atoms with Gasteiger partial charge in [0.2, 0.25) is 11.8 Å². The molecule has 0 radical (unpaired) electrons. The van der Waals surface area contributed by atoms with E-state index < -0.39 is 0 Å². The fourth-order valence-electron chi connectivity index (χ4n) is 3.82. The van der Waals surface area contributed by atoms with E-state index in [0.29, 0.717) is 17.1 Å². The first-order chi connectivity index (χ1) is 15.0. The molecule has 1 aromatic heterocycles. The highest BCUT2D eigenvalue weighted by atomic mass is 32.2. The van der Waals surface area contributed by atoms with Crippen LogP contribution in [-0.2, 0) is 21.1 Å². The maximum Gasteiger partial charge on any atom is 0.256 e. The molecule has 1 saturated heterocycles. The van der Waals surface area contributed by atoms with Gasteiger partial charge in [-0.3, -0.25) is 19.3 Å². The summed E-state index contributed by atoms with van der Waals surface area (Å²) < 4.78 is 1.79. The molecule has 3 heterocycles. The van der Waals surface area contributed by atoms with E-state index in [-0.39, 0.29) is 30.6 Å². The number of nitrogens with zero attached hydrogens (tertiary/aromatic N) is 3. The third kappa shape index (κ3) is 3.53. The number of carbonyl (C=O) groups excluding carboxylic acids is 3. The van der Waals surface area contributed by atoms with Crippen LogP contribution in [0, 0.1) is 6.92 Å². The van der Waals surface area contributed by atoms with Gasteiger partial charge in [0.05, 0.1) is 17.1 Å². The number of benzene rings is 2. The number of aryl methyl sites for hydroxylation is 1. The van der Waals surface area contributed by atoms with Crippen LogP contribution in [0.1, 0.15) is 40.0 Å². The maximum absolute atomic E-state index is 13.0. The molecule has 2 aliphatic rings. The summed E-state index contributed by atoms with van der Waals surface area (Å²) in [6.45, 7) is 2.03. The molecular formula is C23H20N4O3S. The van der Waals surface area contributed by atoms with E-state index in [1.807, 2.05) is 31.2 Å². The molecule has 2 aromatic carbocycles. The van der Waals surface area contributed by atoms with E-state index in [1.165, 1.54) is 4.90 Å². The number of rotatable bonds is 4. The number of aromatic nitrogens is 2. The van der Waals surface area contributed by atoms with Crippen LogP contribution in [0.4, 0.5) is 11.5 Å². The number of anilines is 2. The van der Waals surface area contributed by atoms with Crippen LogP contribution in [0.15, 0.2) is 48.5 Å². The molecule has 0 aliphatic carbocycles. The quantitative estimate of drug-likeness (QED) is 0.634. The largest absolute Gasteiger partial charge is 0.306 e. The zero-order valence-electron chi connectivity index (χ0n) is 16.9. The Morgan fingerprint density at radius 1 is 0.935 bits per heavy atom. The lowest BCUT2D eigenvalue weighted by Gasteiger charge is -2.14. The van der Waals surface area contributed by atoms with Crippen molar-refractivity contribution >= 4 is 41.0 Å². The van der Waals surface area contributed by atoms with E-state index >= 15 is 0 Å². The van der Waals surface area contributed by atoms with Gasteiger partial charge in [-0.15, -0.1) is 0 Å². The molecule has 0 saturated carbocycles. The summed E-state index contributed by atoms with van der Waals surface area (Å²) in [6.07, 6.45) is 0.459. The van der Waals surface area contributed by atoms with Gasteiger partial charge in [-0.25, -0.2) is 4.68 Å². The second-order valence-electron chi connectivity index (χ2n) is 7.64. The highest BCUT2D eigenvalue weighted by Gasteiger charge is 2.30. The molecule has 3 amide bonds. The minimum Gasteiger partial charge on any atom is -0.306 e. The topological polar surface area (TPSA) is 84.3 Å². The zero-order chi connectivity index (χ0) is 21.5. The van der Waals surface area contributed by atoms with E-state index in [0.717, 1.165) is 34.0 Å². The van der Waals surface area contributed by atoms with Crippen LogP contribution in [0.5, 0.6) is 0 Å². The van der Waals surface area contributed by atoms with Crippen molar-refractivity contribution in [2.75, 3.05) is 10.2 Å². The first-order valence-corrected chi connectivity index (χ1v) is 11.2. The van der Waals surface area contributed by atoms with Crippen molar-refractivity contribution in [2.24, 2.45) is 0 Å². The minimum absolute atomic E-state index is 0.211. The number of thioether (sulfide) groups is 1. The number of fused-ring (bicyclic) bond motifs is 1. The SMILES string of the molecule is Cc1ccc(-n2nc3c(c2NC(=O)c2ccc(N4C(=O)CCC4=O)cc2)CSC3)cc1.